The molecule has 1 atom stereocenters. The molecule has 4 nitrogen and oxygen atoms in total. The lowest BCUT2D eigenvalue weighted by Crippen LogP contribution is -2.08. The Morgan fingerprint density at radius 2 is 2.06 bits per heavy atom. The molecular formula is C11H12BrN3O. The molecule has 0 saturated carbocycles. The summed E-state index contributed by atoms with van der Waals surface area (Å²) in [6.07, 6.45) is -0.0440. The number of hydrogen-bond donors (Lipinski definition) is 1. The summed E-state index contributed by atoms with van der Waals surface area (Å²) in [5, 5.41) is 17.8. The van der Waals surface area contributed by atoms with Crippen molar-refractivity contribution in [3.8, 4) is 0 Å². The molecule has 0 fully saturated rings. The van der Waals surface area contributed by atoms with Gasteiger partial charge in [0, 0.05) is 13.5 Å². The number of aliphatic hydroxyl groups is 1. The van der Waals surface area contributed by atoms with Crippen LogP contribution in [-0.4, -0.2) is 20.1 Å². The van der Waals surface area contributed by atoms with E-state index in [2.05, 4.69) is 26.2 Å². The van der Waals surface area contributed by atoms with Gasteiger partial charge >= 0.3 is 0 Å². The Morgan fingerprint density at radius 1 is 1.38 bits per heavy atom. The average Bonchev–Trinajstić information content (AvgIpc) is 2.60. The molecule has 16 heavy (non-hydrogen) atoms. The van der Waals surface area contributed by atoms with Crippen molar-refractivity contribution in [2.24, 2.45) is 7.05 Å². The number of aryl methyl sites for hydroxylation is 1. The summed E-state index contributed by atoms with van der Waals surface area (Å²) in [6, 6.07) is 9.84. The second kappa shape index (κ2) is 4.76. The lowest BCUT2D eigenvalue weighted by Gasteiger charge is -2.10. The van der Waals surface area contributed by atoms with Crippen molar-refractivity contribution in [2.45, 2.75) is 12.5 Å². The average molecular weight is 282 g/mol. The van der Waals surface area contributed by atoms with E-state index in [1.54, 1.807) is 11.7 Å². The van der Waals surface area contributed by atoms with E-state index >= 15 is 0 Å². The summed E-state index contributed by atoms with van der Waals surface area (Å²) in [5.74, 6) is 0. The van der Waals surface area contributed by atoms with Crippen LogP contribution in [0.25, 0.3) is 0 Å². The fourth-order valence-corrected chi connectivity index (χ4v) is 2.22. The molecule has 0 radical (unpaired) electrons. The first-order chi connectivity index (χ1) is 7.68. The highest BCUT2D eigenvalue weighted by molar-refractivity contribution is 9.10. The van der Waals surface area contributed by atoms with Gasteiger partial charge in [-0.2, -0.15) is 0 Å². The third-order valence-corrected chi connectivity index (χ3v) is 2.98. The number of aliphatic hydroxyl groups excluding tert-OH is 1. The molecule has 2 rings (SSSR count). The van der Waals surface area contributed by atoms with Gasteiger partial charge in [0.2, 0.25) is 0 Å². The molecule has 0 bridgehead atoms. The monoisotopic (exact) mass is 281 g/mol. The Morgan fingerprint density at radius 3 is 2.62 bits per heavy atom. The second-order valence-electron chi connectivity index (χ2n) is 3.59. The minimum atomic E-state index is -0.600. The summed E-state index contributed by atoms with van der Waals surface area (Å²) in [7, 11) is 1.77. The SMILES string of the molecule is Cn1nnc(Br)c1C(O)Cc1ccccc1. The van der Waals surface area contributed by atoms with Gasteiger partial charge in [-0.3, -0.25) is 0 Å². The first-order valence-corrected chi connectivity index (χ1v) is 5.75. The number of nitrogens with zero attached hydrogens (tertiary/aromatic N) is 3. The van der Waals surface area contributed by atoms with Gasteiger partial charge < -0.3 is 5.11 Å². The maximum absolute atomic E-state index is 10.1. The van der Waals surface area contributed by atoms with Crippen LogP contribution in [-0.2, 0) is 13.5 Å². The fraction of sp³-hybridized carbons (Fsp3) is 0.273. The van der Waals surface area contributed by atoms with Crippen molar-refractivity contribution in [3.05, 3.63) is 46.2 Å². The third kappa shape index (κ3) is 2.31. The van der Waals surface area contributed by atoms with Crippen LogP contribution < -0.4 is 0 Å². The van der Waals surface area contributed by atoms with Gasteiger partial charge in [-0.05, 0) is 21.5 Å². The quantitative estimate of drug-likeness (QED) is 0.934. The van der Waals surface area contributed by atoms with Crippen molar-refractivity contribution >= 4 is 15.9 Å². The Bertz CT molecular complexity index is 450. The van der Waals surface area contributed by atoms with Gasteiger partial charge in [0.15, 0.2) is 4.60 Å². The molecule has 0 aliphatic carbocycles. The fourth-order valence-electron chi connectivity index (χ4n) is 1.63. The van der Waals surface area contributed by atoms with Crippen LogP contribution in [0.3, 0.4) is 0 Å². The molecule has 0 aliphatic rings. The van der Waals surface area contributed by atoms with Crippen molar-refractivity contribution in [1.82, 2.24) is 15.0 Å². The first kappa shape index (κ1) is 11.3. The molecule has 0 saturated heterocycles. The number of aromatic nitrogens is 3. The molecule has 1 aromatic heterocycles. The van der Waals surface area contributed by atoms with Crippen molar-refractivity contribution in [2.75, 3.05) is 0 Å². The van der Waals surface area contributed by atoms with Gasteiger partial charge in [0.05, 0.1) is 0 Å². The Labute approximate surface area is 102 Å². The zero-order chi connectivity index (χ0) is 11.5. The highest BCUT2D eigenvalue weighted by Crippen LogP contribution is 2.23. The van der Waals surface area contributed by atoms with Crippen LogP contribution in [0.15, 0.2) is 34.9 Å². The van der Waals surface area contributed by atoms with E-state index in [9.17, 15) is 5.11 Å². The van der Waals surface area contributed by atoms with Crippen molar-refractivity contribution in [1.29, 1.82) is 0 Å². The van der Waals surface area contributed by atoms with E-state index in [0.29, 0.717) is 16.7 Å². The van der Waals surface area contributed by atoms with E-state index in [1.165, 1.54) is 0 Å². The molecule has 1 unspecified atom stereocenters. The molecule has 1 N–H and O–H groups in total. The molecule has 0 aliphatic heterocycles. The molecular weight excluding hydrogens is 270 g/mol. The van der Waals surface area contributed by atoms with Gasteiger partial charge in [0.25, 0.3) is 0 Å². The lowest BCUT2D eigenvalue weighted by atomic mass is 10.1. The molecule has 1 heterocycles. The van der Waals surface area contributed by atoms with E-state index in [0.717, 1.165) is 5.56 Å². The van der Waals surface area contributed by atoms with Gasteiger partial charge in [-0.1, -0.05) is 35.5 Å². The molecule has 0 amide bonds. The summed E-state index contributed by atoms with van der Waals surface area (Å²) in [5.41, 5.74) is 1.78. The van der Waals surface area contributed by atoms with Crippen LogP contribution >= 0.6 is 15.9 Å². The number of benzene rings is 1. The zero-order valence-corrected chi connectivity index (χ0v) is 10.4. The minimum Gasteiger partial charge on any atom is -0.386 e. The van der Waals surface area contributed by atoms with Crippen LogP contribution in [0.1, 0.15) is 17.4 Å². The van der Waals surface area contributed by atoms with Gasteiger partial charge in [-0.15, -0.1) is 5.10 Å². The zero-order valence-electron chi connectivity index (χ0n) is 8.84. The third-order valence-electron chi connectivity index (χ3n) is 2.41. The van der Waals surface area contributed by atoms with Gasteiger partial charge in [-0.25, -0.2) is 4.68 Å². The maximum atomic E-state index is 10.1. The molecule has 0 spiro atoms. The molecule has 1 aromatic carbocycles. The highest BCUT2D eigenvalue weighted by Gasteiger charge is 2.17. The number of halogens is 1. The Balaban J connectivity index is 2.18. The summed E-state index contributed by atoms with van der Waals surface area (Å²) < 4.78 is 2.18. The standard InChI is InChI=1S/C11H12BrN3O/c1-15-10(11(12)13-14-15)9(16)7-8-5-3-2-4-6-8/h2-6,9,16H,7H2,1H3. The molecule has 5 heteroatoms. The topological polar surface area (TPSA) is 50.9 Å². The van der Waals surface area contributed by atoms with Crippen LogP contribution in [0.5, 0.6) is 0 Å². The molecule has 2 aromatic rings. The van der Waals surface area contributed by atoms with E-state index in [4.69, 9.17) is 0 Å². The number of hydrogen-bond acceptors (Lipinski definition) is 3. The lowest BCUT2D eigenvalue weighted by molar-refractivity contribution is 0.168. The van der Waals surface area contributed by atoms with Crippen LogP contribution in [0.2, 0.25) is 0 Å². The Kier molecular flexibility index (Phi) is 3.36. The summed E-state index contributed by atoms with van der Waals surface area (Å²) >= 11 is 3.28. The summed E-state index contributed by atoms with van der Waals surface area (Å²) in [6.45, 7) is 0. The van der Waals surface area contributed by atoms with Crippen molar-refractivity contribution in [3.63, 3.8) is 0 Å². The minimum absolute atomic E-state index is 0.556. The van der Waals surface area contributed by atoms with E-state index < -0.39 is 6.10 Å². The smallest absolute Gasteiger partial charge is 0.154 e. The van der Waals surface area contributed by atoms with Crippen molar-refractivity contribution < 1.29 is 5.11 Å². The summed E-state index contributed by atoms with van der Waals surface area (Å²) in [4.78, 5) is 0. The Hall–Kier alpha value is -1.20. The first-order valence-electron chi connectivity index (χ1n) is 4.95. The van der Waals surface area contributed by atoms with Crippen LogP contribution in [0, 0.1) is 0 Å². The normalized spacial score (nSPS) is 12.7. The second-order valence-corrected chi connectivity index (χ2v) is 4.35. The molecule has 84 valence electrons. The highest BCUT2D eigenvalue weighted by atomic mass is 79.9. The van der Waals surface area contributed by atoms with Gasteiger partial charge in [0.1, 0.15) is 11.8 Å². The maximum Gasteiger partial charge on any atom is 0.154 e. The number of rotatable bonds is 3. The van der Waals surface area contributed by atoms with E-state index in [1.807, 2.05) is 30.3 Å². The predicted octanol–water partition coefficient (Wildman–Crippen LogP) is 1.85. The predicted molar refractivity (Wildman–Crippen MR) is 63.8 cm³/mol. The van der Waals surface area contributed by atoms with Crippen LogP contribution in [0.4, 0.5) is 0 Å². The van der Waals surface area contributed by atoms with E-state index in [-0.39, 0.29) is 0 Å². The largest absolute Gasteiger partial charge is 0.386 e.